The second-order valence-electron chi connectivity index (χ2n) is 15.4. The number of aromatic nitrogens is 2. The van der Waals surface area contributed by atoms with Gasteiger partial charge >= 0.3 is 0 Å². The van der Waals surface area contributed by atoms with E-state index in [0.29, 0.717) is 0 Å². The van der Waals surface area contributed by atoms with E-state index in [1.807, 2.05) is 54.5 Å². The van der Waals surface area contributed by atoms with E-state index in [9.17, 15) is 9.90 Å². The summed E-state index contributed by atoms with van der Waals surface area (Å²) < 4.78 is 6.39. The molecule has 0 amide bonds. The van der Waals surface area contributed by atoms with Crippen molar-refractivity contribution in [1.29, 1.82) is 0 Å². The summed E-state index contributed by atoms with van der Waals surface area (Å²) in [6.07, 6.45) is 4.75. The van der Waals surface area contributed by atoms with Crippen LogP contribution in [0.1, 0.15) is 78.6 Å². The van der Waals surface area contributed by atoms with E-state index < -0.39 is 8.07 Å². The molecule has 0 saturated carbocycles. The van der Waals surface area contributed by atoms with E-state index in [4.69, 9.17) is 14.4 Å². The molecular formula is C44H53IrN2O3Si-. The van der Waals surface area contributed by atoms with Gasteiger partial charge in [-0.05, 0) is 61.9 Å². The van der Waals surface area contributed by atoms with Crippen molar-refractivity contribution in [3.63, 3.8) is 0 Å². The molecule has 7 heteroatoms. The Hall–Kier alpha value is -3.64. The van der Waals surface area contributed by atoms with Crippen molar-refractivity contribution in [3.8, 4) is 11.3 Å². The van der Waals surface area contributed by atoms with Crippen LogP contribution in [-0.2, 0) is 24.9 Å². The topological polar surface area (TPSA) is 76.2 Å². The van der Waals surface area contributed by atoms with Crippen molar-refractivity contribution in [2.45, 2.75) is 101 Å². The largest absolute Gasteiger partial charge is 0.512 e. The van der Waals surface area contributed by atoms with Crippen LogP contribution in [0.5, 0.6) is 0 Å². The molecule has 0 fully saturated rings. The molecule has 0 unspecified atom stereocenters. The first-order valence-electron chi connectivity index (χ1n) is 18.1. The van der Waals surface area contributed by atoms with E-state index in [2.05, 4.69) is 87.2 Å². The maximum atomic E-state index is 12.2. The summed E-state index contributed by atoms with van der Waals surface area (Å²) in [5.74, 6) is 1.04. The smallest absolute Gasteiger partial charge is 0.164 e. The number of nitrogens with zero attached hydrogens (tertiary/aromatic N) is 2. The summed E-state index contributed by atoms with van der Waals surface area (Å²) in [6, 6.07) is 24.8. The minimum absolute atomic E-state index is 0. The molecule has 6 aromatic rings. The first-order valence-corrected chi connectivity index (χ1v) is 21.6. The zero-order valence-corrected chi connectivity index (χ0v) is 35.6. The molecule has 0 atom stereocenters. The van der Waals surface area contributed by atoms with Gasteiger partial charge in [0.05, 0.1) is 19.2 Å². The van der Waals surface area contributed by atoms with Crippen molar-refractivity contribution in [2.75, 3.05) is 0 Å². The number of hydrogen-bond donors (Lipinski definition) is 1. The van der Waals surface area contributed by atoms with Gasteiger partial charge in [0.1, 0.15) is 17.2 Å². The van der Waals surface area contributed by atoms with E-state index in [-0.39, 0.29) is 42.5 Å². The van der Waals surface area contributed by atoms with Gasteiger partial charge in [0, 0.05) is 53.5 Å². The van der Waals surface area contributed by atoms with Crippen molar-refractivity contribution < 1.29 is 34.4 Å². The number of allylic oxidation sites excluding steroid dienone is 2. The molecule has 51 heavy (non-hydrogen) atoms. The average Bonchev–Trinajstić information content (AvgIpc) is 3.47. The van der Waals surface area contributed by atoms with Gasteiger partial charge in [-0.25, -0.2) is 4.98 Å². The molecule has 271 valence electrons. The van der Waals surface area contributed by atoms with E-state index >= 15 is 0 Å². The number of ketones is 1. The van der Waals surface area contributed by atoms with Gasteiger partial charge in [-0.15, -0.1) is 18.2 Å². The quantitative estimate of drug-likeness (QED) is 0.0515. The van der Waals surface area contributed by atoms with Crippen molar-refractivity contribution in [1.82, 2.24) is 9.97 Å². The first-order chi connectivity index (χ1) is 23.6. The van der Waals surface area contributed by atoms with Crippen molar-refractivity contribution in [3.05, 3.63) is 90.0 Å². The maximum absolute atomic E-state index is 12.2. The minimum Gasteiger partial charge on any atom is -0.512 e. The molecule has 0 aliphatic heterocycles. The molecule has 0 aliphatic carbocycles. The van der Waals surface area contributed by atoms with Gasteiger partial charge in [-0.1, -0.05) is 120 Å². The van der Waals surface area contributed by atoms with Crippen LogP contribution >= 0.6 is 0 Å². The molecule has 2 heterocycles. The summed E-state index contributed by atoms with van der Waals surface area (Å²) in [5, 5.41) is 17.3. The summed E-state index contributed by atoms with van der Waals surface area (Å²) in [5.41, 5.74) is 5.09. The third-order valence-electron chi connectivity index (χ3n) is 11.1. The van der Waals surface area contributed by atoms with Crippen LogP contribution in [0, 0.1) is 30.7 Å². The van der Waals surface area contributed by atoms with Crippen LogP contribution in [0.15, 0.2) is 76.9 Å². The standard InChI is InChI=1S/C29H25N2OSi.C15H28O2.Ir/c1-17-12-14-20-21-9-7-10-23(29(21)32-24(20)16-17)27-22-15-13-19-8-6-11-25(33(3,4)5)26(19)28(22)31-18(2)30-27;1-7-14(5,8-2)12(16)11-13(17)15(6,9-3)10-4;/h6-9,11-16H,1-5H3;11,16H,7-10H2,1-6H3;/q-1;;/b;12-11-;. The fourth-order valence-electron chi connectivity index (χ4n) is 6.60. The zero-order valence-electron chi connectivity index (χ0n) is 32.2. The van der Waals surface area contributed by atoms with Crippen LogP contribution < -0.4 is 5.19 Å². The van der Waals surface area contributed by atoms with Crippen molar-refractivity contribution in [2.24, 2.45) is 10.8 Å². The molecule has 0 aliphatic rings. The van der Waals surface area contributed by atoms with Crippen molar-refractivity contribution >= 4 is 62.7 Å². The summed E-state index contributed by atoms with van der Waals surface area (Å²) >= 11 is 0. The number of aliphatic hydroxyl groups is 1. The molecule has 1 radical (unpaired) electrons. The van der Waals surface area contributed by atoms with E-state index in [1.54, 1.807) is 0 Å². The number of carbonyl (C=O) groups is 1. The number of rotatable bonds is 9. The summed E-state index contributed by atoms with van der Waals surface area (Å²) in [6.45, 7) is 23.3. The molecule has 0 spiro atoms. The SMILES string of the molecule is CCC(C)(CC)C(=O)/C=C(\O)C(C)(CC)CC.Cc1ccc2c(c1)oc1c(-c3nc(C)nc4c3ccc3cccc([Si](C)(C)C)c34)[c-]ccc12.[Ir]. The Kier molecular flexibility index (Phi) is 12.2. The fraction of sp³-hybridized carbons (Fsp3) is 0.386. The monoisotopic (exact) mass is 878 g/mol. The number of benzene rings is 4. The maximum Gasteiger partial charge on any atom is 0.164 e. The van der Waals surface area contributed by atoms with Crippen LogP contribution in [0.4, 0.5) is 0 Å². The van der Waals surface area contributed by atoms with Crippen LogP contribution in [0.3, 0.4) is 0 Å². The number of carbonyl (C=O) groups excluding carboxylic acids is 1. The molecule has 0 bridgehead atoms. The van der Waals surface area contributed by atoms with Gasteiger partial charge in [-0.3, -0.25) is 9.78 Å². The molecule has 1 N–H and O–H groups in total. The second kappa shape index (κ2) is 15.5. The number of aliphatic hydroxyl groups excluding tert-OH is 1. The Balaban J connectivity index is 0.000000279. The van der Waals surface area contributed by atoms with Gasteiger partial charge < -0.3 is 9.52 Å². The molecule has 2 aromatic heterocycles. The Morgan fingerprint density at radius 2 is 1.51 bits per heavy atom. The predicted octanol–water partition coefficient (Wildman–Crippen LogP) is 12.0. The molecule has 6 rings (SSSR count). The Morgan fingerprint density at radius 3 is 2.14 bits per heavy atom. The van der Waals surface area contributed by atoms with Gasteiger partial charge in [-0.2, -0.15) is 0 Å². The summed E-state index contributed by atoms with van der Waals surface area (Å²) in [7, 11) is -1.59. The molecule has 0 saturated heterocycles. The van der Waals surface area contributed by atoms with E-state index in [0.717, 1.165) is 75.6 Å². The molecule has 5 nitrogen and oxygen atoms in total. The predicted molar refractivity (Wildman–Crippen MR) is 214 cm³/mol. The zero-order chi connectivity index (χ0) is 36.6. The number of furan rings is 1. The summed E-state index contributed by atoms with van der Waals surface area (Å²) in [4.78, 5) is 22.1. The average molecular weight is 878 g/mol. The molecule has 4 aromatic carbocycles. The normalized spacial score (nSPS) is 12.6. The minimum atomic E-state index is -1.59. The van der Waals surface area contributed by atoms with Crippen LogP contribution in [0.25, 0.3) is 54.9 Å². The fourth-order valence-corrected chi connectivity index (χ4v) is 8.21. The van der Waals surface area contributed by atoms with E-state index in [1.165, 1.54) is 27.6 Å². The van der Waals surface area contributed by atoms with Gasteiger partial charge in [0.15, 0.2) is 5.78 Å². The number of hydrogen-bond acceptors (Lipinski definition) is 5. The van der Waals surface area contributed by atoms with Gasteiger partial charge in [0.2, 0.25) is 0 Å². The second-order valence-corrected chi connectivity index (χ2v) is 20.4. The number of aryl methyl sites for hydroxylation is 2. The van der Waals surface area contributed by atoms with Gasteiger partial charge in [0.25, 0.3) is 0 Å². The Labute approximate surface area is 318 Å². The molecular weight excluding hydrogens is 825 g/mol. The number of fused-ring (bicyclic) bond motifs is 6. The Bertz CT molecular complexity index is 2240. The Morgan fingerprint density at radius 1 is 0.863 bits per heavy atom. The third-order valence-corrected chi connectivity index (χ3v) is 13.1. The van der Waals surface area contributed by atoms with Crippen LogP contribution in [-0.4, -0.2) is 28.9 Å². The first kappa shape index (κ1) is 40.1. The third kappa shape index (κ3) is 7.77. The van der Waals surface area contributed by atoms with Crippen LogP contribution in [0.2, 0.25) is 19.6 Å².